The Bertz CT molecular complexity index is 1370. The molecule has 1 aliphatic rings. The van der Waals surface area contributed by atoms with Gasteiger partial charge in [-0.2, -0.15) is 0 Å². The summed E-state index contributed by atoms with van der Waals surface area (Å²) in [4.78, 5) is 35.2. The lowest BCUT2D eigenvalue weighted by molar-refractivity contribution is -0.139. The fraction of sp³-hybridized carbons (Fsp3) is 0.148. The molecule has 3 heterocycles. The summed E-state index contributed by atoms with van der Waals surface area (Å²) in [6.45, 7) is 2.28. The summed E-state index contributed by atoms with van der Waals surface area (Å²) < 4.78 is 0. The molecule has 0 aliphatic carbocycles. The van der Waals surface area contributed by atoms with E-state index in [1.165, 1.54) is 0 Å². The number of para-hydroxylation sites is 1. The number of aliphatic hydroxyl groups is 1. The van der Waals surface area contributed by atoms with Crippen LogP contribution in [0, 0.1) is 6.92 Å². The van der Waals surface area contributed by atoms with E-state index >= 15 is 0 Å². The van der Waals surface area contributed by atoms with E-state index in [1.807, 2.05) is 55.6 Å². The second kappa shape index (κ2) is 8.39. The minimum absolute atomic E-state index is 0.0933. The van der Waals surface area contributed by atoms with Gasteiger partial charge in [0.25, 0.3) is 11.7 Å². The average Bonchev–Trinajstić information content (AvgIpc) is 3.37. The summed E-state index contributed by atoms with van der Waals surface area (Å²) in [7, 11) is 0. The number of aromatic nitrogens is 2. The second-order valence-electron chi connectivity index (χ2n) is 8.25. The minimum atomic E-state index is -0.704. The quantitative estimate of drug-likeness (QED) is 0.273. The lowest BCUT2D eigenvalue weighted by Gasteiger charge is -2.25. The van der Waals surface area contributed by atoms with Gasteiger partial charge in [0, 0.05) is 41.6 Å². The standard InChI is InChI=1S/C27H23N3O3/c1-17-8-10-18(11-9-17)25(31)23-24(20-5-4-13-28-15-20)30(27(33)26(23)32)14-12-19-16-29-22-7-3-2-6-21(19)22/h2-11,13,15-16,24,29,31H,12,14H2,1H3/t24-/m1/s1. The highest BCUT2D eigenvalue weighted by atomic mass is 16.3. The Hall–Kier alpha value is -4.19. The molecule has 1 aliphatic heterocycles. The number of carbonyl (C=O) groups excluding carboxylic acids is 2. The maximum atomic E-state index is 13.1. The maximum absolute atomic E-state index is 13.1. The molecule has 164 valence electrons. The molecule has 33 heavy (non-hydrogen) atoms. The van der Waals surface area contributed by atoms with Crippen molar-refractivity contribution in [2.45, 2.75) is 19.4 Å². The lowest BCUT2D eigenvalue weighted by Crippen LogP contribution is -2.31. The van der Waals surface area contributed by atoms with Gasteiger partial charge in [-0.15, -0.1) is 0 Å². The molecule has 0 spiro atoms. The first kappa shape index (κ1) is 20.7. The van der Waals surface area contributed by atoms with Crippen LogP contribution >= 0.6 is 0 Å². The van der Waals surface area contributed by atoms with Crippen LogP contribution in [0.25, 0.3) is 16.7 Å². The van der Waals surface area contributed by atoms with Crippen LogP contribution in [-0.2, 0) is 16.0 Å². The van der Waals surface area contributed by atoms with Gasteiger partial charge in [0.05, 0.1) is 11.6 Å². The topological polar surface area (TPSA) is 86.3 Å². The molecule has 2 aromatic heterocycles. The van der Waals surface area contributed by atoms with E-state index in [2.05, 4.69) is 9.97 Å². The van der Waals surface area contributed by atoms with E-state index in [9.17, 15) is 14.7 Å². The van der Waals surface area contributed by atoms with Crippen molar-refractivity contribution in [3.8, 4) is 0 Å². The highest BCUT2D eigenvalue weighted by Crippen LogP contribution is 2.39. The van der Waals surface area contributed by atoms with Crippen LogP contribution in [0.3, 0.4) is 0 Å². The van der Waals surface area contributed by atoms with Gasteiger partial charge in [-0.05, 0) is 36.6 Å². The minimum Gasteiger partial charge on any atom is -0.507 e. The van der Waals surface area contributed by atoms with Crippen LogP contribution in [0.5, 0.6) is 0 Å². The SMILES string of the molecule is Cc1ccc(C(O)=C2C(=O)C(=O)N(CCc3c[nH]c4ccccc34)[C@@H]2c2cccnc2)cc1. The smallest absolute Gasteiger partial charge is 0.295 e. The number of benzene rings is 2. The molecule has 2 aromatic carbocycles. The number of H-pyrrole nitrogens is 1. The number of rotatable bonds is 5. The van der Waals surface area contributed by atoms with Gasteiger partial charge in [0.15, 0.2) is 0 Å². The number of hydrogen-bond donors (Lipinski definition) is 2. The zero-order chi connectivity index (χ0) is 22.9. The van der Waals surface area contributed by atoms with Crippen molar-refractivity contribution in [1.29, 1.82) is 0 Å². The summed E-state index contributed by atoms with van der Waals surface area (Å²) in [6, 6.07) is 18.1. The predicted molar refractivity (Wildman–Crippen MR) is 126 cm³/mol. The van der Waals surface area contributed by atoms with E-state index in [1.54, 1.807) is 35.5 Å². The molecular formula is C27H23N3O3. The first-order valence-corrected chi connectivity index (χ1v) is 10.8. The van der Waals surface area contributed by atoms with Crippen molar-refractivity contribution in [2.75, 3.05) is 6.54 Å². The Labute approximate surface area is 191 Å². The van der Waals surface area contributed by atoms with Crippen LogP contribution in [0.2, 0.25) is 0 Å². The summed E-state index contributed by atoms with van der Waals surface area (Å²) >= 11 is 0. The highest BCUT2D eigenvalue weighted by Gasteiger charge is 2.46. The molecule has 1 atom stereocenters. The lowest BCUT2D eigenvalue weighted by atomic mass is 9.96. The molecule has 1 fully saturated rings. The Kier molecular flexibility index (Phi) is 5.26. The van der Waals surface area contributed by atoms with E-state index in [4.69, 9.17) is 0 Å². The molecule has 2 N–H and O–H groups in total. The van der Waals surface area contributed by atoms with Gasteiger partial charge >= 0.3 is 0 Å². The first-order chi connectivity index (χ1) is 16.0. The zero-order valence-corrected chi connectivity index (χ0v) is 18.2. The number of fused-ring (bicyclic) bond motifs is 1. The maximum Gasteiger partial charge on any atom is 0.295 e. The number of aromatic amines is 1. The zero-order valence-electron chi connectivity index (χ0n) is 18.2. The molecule has 0 radical (unpaired) electrons. The van der Waals surface area contributed by atoms with Crippen molar-refractivity contribution in [3.63, 3.8) is 0 Å². The number of carbonyl (C=O) groups is 2. The predicted octanol–water partition coefficient (Wildman–Crippen LogP) is 4.54. The fourth-order valence-electron chi connectivity index (χ4n) is 4.44. The molecule has 0 unspecified atom stereocenters. The number of pyridine rings is 1. The highest BCUT2D eigenvalue weighted by molar-refractivity contribution is 6.46. The van der Waals surface area contributed by atoms with Gasteiger partial charge in [0.1, 0.15) is 5.76 Å². The van der Waals surface area contributed by atoms with Crippen LogP contribution in [0.15, 0.2) is 84.8 Å². The number of Topliss-reactive ketones (excluding diaryl/α,β-unsaturated/α-hetero) is 1. The Morgan fingerprint density at radius 3 is 2.61 bits per heavy atom. The molecule has 0 bridgehead atoms. The largest absolute Gasteiger partial charge is 0.507 e. The number of nitrogens with zero attached hydrogens (tertiary/aromatic N) is 2. The van der Waals surface area contributed by atoms with Gasteiger partial charge in [-0.3, -0.25) is 14.6 Å². The number of aryl methyl sites for hydroxylation is 1. The van der Waals surface area contributed by atoms with E-state index in [0.29, 0.717) is 24.1 Å². The Morgan fingerprint density at radius 1 is 1.06 bits per heavy atom. The summed E-state index contributed by atoms with van der Waals surface area (Å²) in [5, 5.41) is 12.2. The Balaban J connectivity index is 1.55. The number of likely N-dealkylation sites (tertiary alicyclic amines) is 1. The van der Waals surface area contributed by atoms with Crippen LogP contribution < -0.4 is 0 Å². The first-order valence-electron chi connectivity index (χ1n) is 10.8. The summed E-state index contributed by atoms with van der Waals surface area (Å²) in [5.41, 5.74) is 4.41. The van der Waals surface area contributed by atoms with Crippen molar-refractivity contribution >= 4 is 28.4 Å². The monoisotopic (exact) mass is 437 g/mol. The van der Waals surface area contributed by atoms with Crippen molar-refractivity contribution in [3.05, 3.63) is 107 Å². The molecule has 1 saturated heterocycles. The number of amides is 1. The van der Waals surface area contributed by atoms with Crippen molar-refractivity contribution in [1.82, 2.24) is 14.9 Å². The van der Waals surface area contributed by atoms with Gasteiger partial charge in [-0.1, -0.05) is 54.1 Å². The molecule has 0 saturated carbocycles. The molecule has 4 aromatic rings. The number of aliphatic hydroxyl groups excluding tert-OH is 1. The normalized spacial score (nSPS) is 17.7. The van der Waals surface area contributed by atoms with Crippen LogP contribution in [-0.4, -0.2) is 38.2 Å². The summed E-state index contributed by atoms with van der Waals surface area (Å²) in [6.07, 6.45) is 5.78. The van der Waals surface area contributed by atoms with E-state index < -0.39 is 17.7 Å². The Morgan fingerprint density at radius 2 is 1.85 bits per heavy atom. The molecule has 6 heteroatoms. The summed E-state index contributed by atoms with van der Waals surface area (Å²) in [5.74, 6) is -1.46. The van der Waals surface area contributed by atoms with Crippen molar-refractivity contribution in [2.24, 2.45) is 0 Å². The van der Waals surface area contributed by atoms with Gasteiger partial charge < -0.3 is 15.0 Å². The second-order valence-corrected chi connectivity index (χ2v) is 8.25. The third-order valence-corrected chi connectivity index (χ3v) is 6.16. The number of hydrogen-bond acceptors (Lipinski definition) is 4. The van der Waals surface area contributed by atoms with Crippen molar-refractivity contribution < 1.29 is 14.7 Å². The average molecular weight is 437 g/mol. The molecule has 1 amide bonds. The number of ketones is 1. The fourth-order valence-corrected chi connectivity index (χ4v) is 4.44. The molecular weight excluding hydrogens is 414 g/mol. The molecule has 6 nitrogen and oxygen atoms in total. The molecule has 5 rings (SSSR count). The third-order valence-electron chi connectivity index (χ3n) is 6.16. The van der Waals surface area contributed by atoms with Crippen LogP contribution in [0.4, 0.5) is 0 Å². The van der Waals surface area contributed by atoms with Gasteiger partial charge in [-0.25, -0.2) is 0 Å². The number of nitrogens with one attached hydrogen (secondary N) is 1. The van der Waals surface area contributed by atoms with Gasteiger partial charge in [0.2, 0.25) is 0 Å². The van der Waals surface area contributed by atoms with E-state index in [0.717, 1.165) is 22.0 Å². The van der Waals surface area contributed by atoms with E-state index in [-0.39, 0.29) is 11.3 Å². The third kappa shape index (κ3) is 3.69. The van der Waals surface area contributed by atoms with Crippen LogP contribution in [0.1, 0.15) is 28.3 Å².